The zero-order valence-electron chi connectivity index (χ0n) is 10.4. The average molecular weight is 296 g/mol. The van der Waals surface area contributed by atoms with Crippen LogP contribution in [0.25, 0.3) is 9.75 Å². The number of aryl methyl sites for hydroxylation is 1. The molecule has 2 aromatic heterocycles. The Morgan fingerprint density at radius 3 is 2.37 bits per heavy atom. The van der Waals surface area contributed by atoms with Gasteiger partial charge in [-0.1, -0.05) is 0 Å². The van der Waals surface area contributed by atoms with Crippen molar-refractivity contribution in [3.05, 3.63) is 10.3 Å². The van der Waals surface area contributed by atoms with Gasteiger partial charge in [-0.25, -0.2) is 0 Å². The maximum atomic E-state index is 5.79. The summed E-state index contributed by atoms with van der Waals surface area (Å²) in [5, 5.41) is 1.99. The Hall–Kier alpha value is -1.40. The van der Waals surface area contributed by atoms with Crippen LogP contribution in [0.4, 0.5) is 0 Å². The predicted molar refractivity (Wildman–Crippen MR) is 74.3 cm³/mol. The van der Waals surface area contributed by atoms with Gasteiger partial charge < -0.3 is 18.9 Å². The average Bonchev–Trinajstić information content (AvgIpc) is 3.01. The van der Waals surface area contributed by atoms with E-state index in [1.807, 2.05) is 5.38 Å². The molecule has 0 N–H and O–H groups in total. The van der Waals surface area contributed by atoms with Crippen molar-refractivity contribution in [2.75, 3.05) is 26.4 Å². The lowest BCUT2D eigenvalue weighted by Crippen LogP contribution is -2.15. The van der Waals surface area contributed by atoms with E-state index in [1.54, 1.807) is 22.7 Å². The lowest BCUT2D eigenvalue weighted by molar-refractivity contribution is 0.171. The number of fused-ring (bicyclic) bond motifs is 2. The minimum absolute atomic E-state index is 0.598. The van der Waals surface area contributed by atoms with Gasteiger partial charge in [-0.3, -0.25) is 0 Å². The van der Waals surface area contributed by atoms with Crippen molar-refractivity contribution >= 4 is 22.7 Å². The highest BCUT2D eigenvalue weighted by Crippen LogP contribution is 2.55. The standard InChI is InChI=1S/C13H12O4S2/c1-7-9-11(17-5-4-15-9)13(19-7)12-10-8(6-18-12)14-2-3-16-10/h6H,2-5H2,1H3. The fourth-order valence-corrected chi connectivity index (χ4v) is 4.38. The Bertz CT molecular complexity index is 629. The summed E-state index contributed by atoms with van der Waals surface area (Å²) in [5.74, 6) is 3.41. The smallest absolute Gasteiger partial charge is 0.181 e. The van der Waals surface area contributed by atoms with Crippen LogP contribution in [0.2, 0.25) is 0 Å². The Labute approximate surface area is 118 Å². The van der Waals surface area contributed by atoms with Crippen molar-refractivity contribution < 1.29 is 18.9 Å². The molecule has 4 nitrogen and oxygen atoms in total. The van der Waals surface area contributed by atoms with Crippen molar-refractivity contribution in [3.8, 4) is 32.8 Å². The van der Waals surface area contributed by atoms with E-state index in [2.05, 4.69) is 6.92 Å². The minimum Gasteiger partial charge on any atom is -0.485 e. The van der Waals surface area contributed by atoms with E-state index >= 15 is 0 Å². The van der Waals surface area contributed by atoms with Gasteiger partial charge in [0.2, 0.25) is 0 Å². The van der Waals surface area contributed by atoms with E-state index in [0.717, 1.165) is 37.6 Å². The van der Waals surface area contributed by atoms with Crippen LogP contribution >= 0.6 is 22.7 Å². The minimum atomic E-state index is 0.598. The summed E-state index contributed by atoms with van der Waals surface area (Å²) in [4.78, 5) is 3.31. The molecule has 100 valence electrons. The molecule has 19 heavy (non-hydrogen) atoms. The summed E-state index contributed by atoms with van der Waals surface area (Å²) in [6, 6.07) is 0. The highest BCUT2D eigenvalue weighted by Gasteiger charge is 2.28. The van der Waals surface area contributed by atoms with Gasteiger partial charge in [0.05, 0.1) is 9.75 Å². The molecule has 0 fully saturated rings. The molecule has 0 unspecified atom stereocenters. The lowest BCUT2D eigenvalue weighted by atomic mass is 10.3. The van der Waals surface area contributed by atoms with Gasteiger partial charge >= 0.3 is 0 Å². The van der Waals surface area contributed by atoms with Crippen molar-refractivity contribution in [1.29, 1.82) is 0 Å². The zero-order chi connectivity index (χ0) is 12.8. The fraction of sp³-hybridized carbons (Fsp3) is 0.385. The van der Waals surface area contributed by atoms with Crippen molar-refractivity contribution in [2.45, 2.75) is 6.92 Å². The van der Waals surface area contributed by atoms with Crippen LogP contribution in [0.15, 0.2) is 5.38 Å². The maximum Gasteiger partial charge on any atom is 0.181 e. The van der Waals surface area contributed by atoms with E-state index in [-0.39, 0.29) is 0 Å². The molecule has 6 heteroatoms. The number of hydrogen-bond donors (Lipinski definition) is 0. The number of ether oxygens (including phenoxy) is 4. The van der Waals surface area contributed by atoms with E-state index in [9.17, 15) is 0 Å². The van der Waals surface area contributed by atoms with Gasteiger partial charge in [0.1, 0.15) is 26.4 Å². The highest BCUT2D eigenvalue weighted by atomic mass is 32.1. The second kappa shape index (κ2) is 4.31. The molecule has 0 bridgehead atoms. The van der Waals surface area contributed by atoms with E-state index < -0.39 is 0 Å². The fourth-order valence-electron chi connectivity index (χ4n) is 2.26. The quantitative estimate of drug-likeness (QED) is 0.809. The highest BCUT2D eigenvalue weighted by molar-refractivity contribution is 7.22. The molecular weight excluding hydrogens is 284 g/mol. The van der Waals surface area contributed by atoms with Crippen LogP contribution in [0.3, 0.4) is 0 Å². The predicted octanol–water partition coefficient (Wildman–Crippen LogP) is 3.33. The molecule has 0 radical (unpaired) electrons. The molecule has 2 aliphatic rings. The third-order valence-electron chi connectivity index (χ3n) is 3.07. The first-order chi connectivity index (χ1) is 9.34. The summed E-state index contributed by atoms with van der Waals surface area (Å²) in [6.07, 6.45) is 0. The molecule has 0 amide bonds. The molecule has 0 saturated heterocycles. The van der Waals surface area contributed by atoms with Crippen molar-refractivity contribution in [1.82, 2.24) is 0 Å². The molecule has 0 atom stereocenters. The Morgan fingerprint density at radius 2 is 1.53 bits per heavy atom. The van der Waals surface area contributed by atoms with E-state index in [0.29, 0.717) is 26.4 Å². The lowest BCUT2D eigenvalue weighted by Gasteiger charge is -2.18. The molecule has 0 saturated carbocycles. The molecule has 2 aromatic rings. The molecule has 0 aromatic carbocycles. The van der Waals surface area contributed by atoms with Crippen LogP contribution in [0, 0.1) is 6.92 Å². The van der Waals surface area contributed by atoms with Crippen molar-refractivity contribution in [2.24, 2.45) is 0 Å². The number of thiophene rings is 2. The van der Waals surface area contributed by atoms with Crippen LogP contribution in [0.5, 0.6) is 23.0 Å². The molecule has 0 aliphatic carbocycles. The maximum absolute atomic E-state index is 5.79. The third kappa shape index (κ3) is 1.70. The molecule has 0 spiro atoms. The molecule has 4 rings (SSSR count). The second-order valence-corrected chi connectivity index (χ2v) is 6.40. The third-order valence-corrected chi connectivity index (χ3v) is 5.24. The van der Waals surface area contributed by atoms with Crippen molar-refractivity contribution in [3.63, 3.8) is 0 Å². The summed E-state index contributed by atoms with van der Waals surface area (Å²) in [7, 11) is 0. The normalized spacial score (nSPS) is 16.5. The topological polar surface area (TPSA) is 36.9 Å². The number of rotatable bonds is 1. The van der Waals surface area contributed by atoms with E-state index in [4.69, 9.17) is 18.9 Å². The first-order valence-corrected chi connectivity index (χ1v) is 7.80. The Morgan fingerprint density at radius 1 is 0.842 bits per heavy atom. The SMILES string of the molecule is Cc1sc(-c2scc3c2OCCO3)c2c1OCCO2. The summed E-state index contributed by atoms with van der Waals surface area (Å²) in [5.41, 5.74) is 0. The van der Waals surface area contributed by atoms with Crippen LogP contribution in [-0.2, 0) is 0 Å². The van der Waals surface area contributed by atoms with Gasteiger partial charge in [0.25, 0.3) is 0 Å². The molecule has 2 aliphatic heterocycles. The van der Waals surface area contributed by atoms with Gasteiger partial charge in [0, 0.05) is 10.3 Å². The summed E-state index contributed by atoms with van der Waals surface area (Å²) < 4.78 is 22.8. The Kier molecular flexibility index (Phi) is 2.60. The zero-order valence-corrected chi connectivity index (χ0v) is 12.0. The van der Waals surface area contributed by atoms with Gasteiger partial charge in [-0.05, 0) is 6.92 Å². The first-order valence-electron chi connectivity index (χ1n) is 6.11. The molecular formula is C13H12O4S2. The van der Waals surface area contributed by atoms with Crippen LogP contribution in [0.1, 0.15) is 4.88 Å². The van der Waals surface area contributed by atoms with Crippen LogP contribution < -0.4 is 18.9 Å². The summed E-state index contributed by atoms with van der Waals surface area (Å²) in [6.45, 7) is 4.48. The van der Waals surface area contributed by atoms with Gasteiger partial charge in [-0.2, -0.15) is 0 Å². The first kappa shape index (κ1) is 11.4. The second-order valence-electron chi connectivity index (χ2n) is 4.30. The monoisotopic (exact) mass is 296 g/mol. The van der Waals surface area contributed by atoms with Gasteiger partial charge in [-0.15, -0.1) is 22.7 Å². The van der Waals surface area contributed by atoms with Gasteiger partial charge in [0.15, 0.2) is 23.0 Å². The van der Waals surface area contributed by atoms with Crippen LogP contribution in [-0.4, -0.2) is 26.4 Å². The van der Waals surface area contributed by atoms with E-state index in [1.165, 1.54) is 0 Å². The number of hydrogen-bond acceptors (Lipinski definition) is 6. The summed E-state index contributed by atoms with van der Waals surface area (Å²) >= 11 is 3.31. The Balaban J connectivity index is 1.86. The largest absolute Gasteiger partial charge is 0.485 e. The molecule has 4 heterocycles.